The van der Waals surface area contributed by atoms with Gasteiger partial charge in [-0.05, 0) is 24.0 Å². The van der Waals surface area contributed by atoms with Crippen molar-refractivity contribution in [1.29, 1.82) is 0 Å². The lowest BCUT2D eigenvalue weighted by atomic mass is 10.1. The Morgan fingerprint density at radius 3 is 2.21 bits per heavy atom. The molecule has 0 amide bonds. The molecule has 2 heterocycles. The quantitative estimate of drug-likeness (QED) is 0.679. The zero-order valence-corrected chi connectivity index (χ0v) is 14.6. The van der Waals surface area contributed by atoms with Gasteiger partial charge in [0.15, 0.2) is 5.96 Å². The van der Waals surface area contributed by atoms with Crippen molar-refractivity contribution in [2.75, 3.05) is 39.4 Å². The third-order valence-corrected chi connectivity index (χ3v) is 4.89. The van der Waals surface area contributed by atoms with Gasteiger partial charge in [0.05, 0.1) is 19.8 Å². The molecule has 5 nitrogen and oxygen atoms in total. The normalized spacial score (nSPS) is 20.8. The standard InChI is InChI=1S/C19H30N4O/c20-19(23-9-3-1-2-4-10-23)21-15-17-5-7-18(8-6-17)16-22-11-13-24-14-12-22/h5-8H,1-4,9-16H2,(H2,20,21). The topological polar surface area (TPSA) is 54.1 Å². The van der Waals surface area contributed by atoms with Crippen molar-refractivity contribution in [2.24, 2.45) is 10.7 Å². The first kappa shape index (κ1) is 17.2. The summed E-state index contributed by atoms with van der Waals surface area (Å²) in [7, 11) is 0. The molecule has 0 spiro atoms. The molecule has 0 aromatic heterocycles. The fraction of sp³-hybridized carbons (Fsp3) is 0.632. The van der Waals surface area contributed by atoms with Crippen molar-refractivity contribution in [3.05, 3.63) is 35.4 Å². The number of rotatable bonds is 4. The van der Waals surface area contributed by atoms with Gasteiger partial charge in [0.25, 0.3) is 0 Å². The van der Waals surface area contributed by atoms with Crippen molar-refractivity contribution < 1.29 is 4.74 Å². The molecule has 3 rings (SSSR count). The van der Waals surface area contributed by atoms with Crippen LogP contribution < -0.4 is 5.73 Å². The molecule has 1 aromatic carbocycles. The predicted octanol–water partition coefficient (Wildman–Crippen LogP) is 2.21. The van der Waals surface area contributed by atoms with Crippen LogP contribution in [-0.2, 0) is 17.8 Å². The maximum absolute atomic E-state index is 6.18. The van der Waals surface area contributed by atoms with Crippen LogP contribution in [0.25, 0.3) is 0 Å². The summed E-state index contributed by atoms with van der Waals surface area (Å²) < 4.78 is 5.40. The lowest BCUT2D eigenvalue weighted by Gasteiger charge is -2.26. The summed E-state index contributed by atoms with van der Waals surface area (Å²) in [5, 5.41) is 0. The first-order valence-electron chi connectivity index (χ1n) is 9.24. The molecular weight excluding hydrogens is 300 g/mol. The van der Waals surface area contributed by atoms with Crippen molar-refractivity contribution in [2.45, 2.75) is 38.8 Å². The molecule has 24 heavy (non-hydrogen) atoms. The van der Waals surface area contributed by atoms with E-state index in [1.54, 1.807) is 0 Å². The molecule has 0 aliphatic carbocycles. The Kier molecular flexibility index (Phi) is 6.49. The zero-order chi connectivity index (χ0) is 16.6. The number of likely N-dealkylation sites (tertiary alicyclic amines) is 1. The van der Waals surface area contributed by atoms with E-state index >= 15 is 0 Å². The maximum Gasteiger partial charge on any atom is 0.191 e. The molecule has 2 saturated heterocycles. The number of hydrogen-bond acceptors (Lipinski definition) is 3. The Bertz CT molecular complexity index is 515. The van der Waals surface area contributed by atoms with Crippen LogP contribution in [0, 0.1) is 0 Å². The summed E-state index contributed by atoms with van der Waals surface area (Å²) in [5.74, 6) is 0.703. The second-order valence-electron chi connectivity index (χ2n) is 6.78. The van der Waals surface area contributed by atoms with Gasteiger partial charge in [-0.1, -0.05) is 37.1 Å². The van der Waals surface area contributed by atoms with Crippen LogP contribution in [0.3, 0.4) is 0 Å². The molecule has 1 aromatic rings. The van der Waals surface area contributed by atoms with Crippen LogP contribution in [0.5, 0.6) is 0 Å². The number of hydrogen-bond donors (Lipinski definition) is 1. The molecule has 2 N–H and O–H groups in total. The molecule has 0 saturated carbocycles. The second kappa shape index (κ2) is 9.04. The number of benzene rings is 1. The minimum Gasteiger partial charge on any atom is -0.379 e. The molecule has 0 radical (unpaired) electrons. The number of ether oxygens (including phenoxy) is 1. The molecule has 0 atom stereocenters. The molecular formula is C19H30N4O. The third kappa shape index (κ3) is 5.21. The van der Waals surface area contributed by atoms with E-state index in [9.17, 15) is 0 Å². The summed E-state index contributed by atoms with van der Waals surface area (Å²) in [5.41, 5.74) is 8.75. The van der Waals surface area contributed by atoms with E-state index < -0.39 is 0 Å². The SMILES string of the molecule is NC(=NCc1ccc(CN2CCOCC2)cc1)N1CCCCCC1. The van der Waals surface area contributed by atoms with Crippen LogP contribution >= 0.6 is 0 Å². The van der Waals surface area contributed by atoms with Gasteiger partial charge in [0.1, 0.15) is 0 Å². The average molecular weight is 330 g/mol. The van der Waals surface area contributed by atoms with E-state index in [4.69, 9.17) is 10.5 Å². The van der Waals surface area contributed by atoms with Crippen LogP contribution in [0.4, 0.5) is 0 Å². The van der Waals surface area contributed by atoms with E-state index in [0.717, 1.165) is 45.9 Å². The van der Waals surface area contributed by atoms with Gasteiger partial charge in [-0.3, -0.25) is 4.90 Å². The van der Waals surface area contributed by atoms with Crippen molar-refractivity contribution >= 4 is 5.96 Å². The Morgan fingerprint density at radius 1 is 0.917 bits per heavy atom. The fourth-order valence-corrected chi connectivity index (χ4v) is 3.34. The molecule has 0 bridgehead atoms. The van der Waals surface area contributed by atoms with Gasteiger partial charge in [0, 0.05) is 32.7 Å². The van der Waals surface area contributed by atoms with Crippen LogP contribution in [0.1, 0.15) is 36.8 Å². The van der Waals surface area contributed by atoms with Gasteiger partial charge in [0.2, 0.25) is 0 Å². The van der Waals surface area contributed by atoms with E-state index in [-0.39, 0.29) is 0 Å². The van der Waals surface area contributed by atoms with Crippen LogP contribution in [0.15, 0.2) is 29.3 Å². The smallest absolute Gasteiger partial charge is 0.191 e. The Hall–Kier alpha value is -1.59. The van der Waals surface area contributed by atoms with E-state index in [2.05, 4.69) is 39.1 Å². The van der Waals surface area contributed by atoms with E-state index in [1.807, 2.05) is 0 Å². The van der Waals surface area contributed by atoms with Crippen molar-refractivity contribution in [1.82, 2.24) is 9.80 Å². The predicted molar refractivity (Wildman–Crippen MR) is 97.9 cm³/mol. The first-order valence-corrected chi connectivity index (χ1v) is 9.24. The molecule has 0 unspecified atom stereocenters. The molecule has 132 valence electrons. The number of morpholine rings is 1. The molecule has 2 aliphatic heterocycles. The van der Waals surface area contributed by atoms with Gasteiger partial charge in [-0.15, -0.1) is 0 Å². The number of nitrogens with two attached hydrogens (primary N) is 1. The monoisotopic (exact) mass is 330 g/mol. The number of guanidine groups is 1. The minimum absolute atomic E-state index is 0.667. The van der Waals surface area contributed by atoms with Crippen LogP contribution in [-0.4, -0.2) is 55.2 Å². The van der Waals surface area contributed by atoms with Gasteiger partial charge in [-0.25, -0.2) is 4.99 Å². The Morgan fingerprint density at radius 2 is 1.54 bits per heavy atom. The van der Waals surface area contributed by atoms with Crippen molar-refractivity contribution in [3.63, 3.8) is 0 Å². The van der Waals surface area contributed by atoms with E-state index in [1.165, 1.54) is 36.8 Å². The highest BCUT2D eigenvalue weighted by Gasteiger charge is 2.11. The minimum atomic E-state index is 0.667. The van der Waals surface area contributed by atoms with Gasteiger partial charge < -0.3 is 15.4 Å². The summed E-state index contributed by atoms with van der Waals surface area (Å²) >= 11 is 0. The largest absolute Gasteiger partial charge is 0.379 e. The summed E-state index contributed by atoms with van der Waals surface area (Å²) in [6, 6.07) is 8.77. The van der Waals surface area contributed by atoms with Crippen molar-refractivity contribution in [3.8, 4) is 0 Å². The summed E-state index contributed by atoms with van der Waals surface area (Å²) in [6.45, 7) is 7.52. The lowest BCUT2D eigenvalue weighted by Crippen LogP contribution is -2.38. The fourth-order valence-electron chi connectivity index (χ4n) is 3.34. The summed E-state index contributed by atoms with van der Waals surface area (Å²) in [6.07, 6.45) is 5.09. The number of nitrogens with zero attached hydrogens (tertiary/aromatic N) is 3. The average Bonchev–Trinajstić information content (AvgIpc) is 2.91. The maximum atomic E-state index is 6.18. The molecule has 2 aliphatic rings. The second-order valence-corrected chi connectivity index (χ2v) is 6.78. The lowest BCUT2D eigenvalue weighted by molar-refractivity contribution is 0.0342. The first-order chi connectivity index (χ1) is 11.8. The highest BCUT2D eigenvalue weighted by molar-refractivity contribution is 5.78. The highest BCUT2D eigenvalue weighted by Crippen LogP contribution is 2.12. The Labute approximate surface area is 145 Å². The molecule has 2 fully saturated rings. The van der Waals surface area contributed by atoms with Gasteiger partial charge >= 0.3 is 0 Å². The molecule has 5 heteroatoms. The van der Waals surface area contributed by atoms with E-state index in [0.29, 0.717) is 12.5 Å². The highest BCUT2D eigenvalue weighted by atomic mass is 16.5. The summed E-state index contributed by atoms with van der Waals surface area (Å²) in [4.78, 5) is 9.27. The Balaban J connectivity index is 1.50. The zero-order valence-electron chi connectivity index (χ0n) is 14.6. The van der Waals surface area contributed by atoms with Gasteiger partial charge in [-0.2, -0.15) is 0 Å². The third-order valence-electron chi connectivity index (χ3n) is 4.89. The van der Waals surface area contributed by atoms with Crippen LogP contribution in [0.2, 0.25) is 0 Å². The number of aliphatic imine (C=N–C) groups is 1.